The van der Waals surface area contributed by atoms with Gasteiger partial charge in [0.05, 0.1) is 0 Å². The van der Waals surface area contributed by atoms with E-state index < -0.39 is 4.87 Å². The van der Waals surface area contributed by atoms with Crippen LogP contribution in [0.3, 0.4) is 0 Å². The van der Waals surface area contributed by atoms with Crippen molar-refractivity contribution in [3.8, 4) is 0 Å². The number of hydrogen-bond acceptors (Lipinski definition) is 4. The number of carbonyl (C=O) groups is 1. The molecule has 1 unspecified atom stereocenters. The number of thioether (sulfide) groups is 1. The molecule has 1 atom stereocenters. The maximum Gasteiger partial charge on any atom is 0.267 e. The van der Waals surface area contributed by atoms with Gasteiger partial charge in [0.2, 0.25) is 4.87 Å². The second kappa shape index (κ2) is 4.36. The number of hydrogen-bond donors (Lipinski definition) is 2. The Morgan fingerprint density at radius 3 is 2.86 bits per heavy atom. The summed E-state index contributed by atoms with van der Waals surface area (Å²) in [7, 11) is 0. The molecule has 4 nitrogen and oxygen atoms in total. The average molecular weight is 295 g/mol. The van der Waals surface area contributed by atoms with Crippen LogP contribution in [-0.4, -0.2) is 11.0 Å². The normalized spacial score (nSPS) is 22.7. The van der Waals surface area contributed by atoms with Gasteiger partial charge in [0, 0.05) is 16.8 Å². The van der Waals surface area contributed by atoms with E-state index in [2.05, 4.69) is 21.9 Å². The molecule has 1 spiro atoms. The Balaban J connectivity index is 1.73. The number of nitrogens with zero attached hydrogens (tertiary/aromatic N) is 1. The number of nitrogens with one attached hydrogen (secondary N) is 2. The van der Waals surface area contributed by atoms with Gasteiger partial charge in [0.15, 0.2) is 0 Å². The minimum Gasteiger partial charge on any atom is -0.323 e. The van der Waals surface area contributed by atoms with E-state index >= 15 is 0 Å². The van der Waals surface area contributed by atoms with Gasteiger partial charge < -0.3 is 5.32 Å². The van der Waals surface area contributed by atoms with Crippen molar-refractivity contribution in [2.45, 2.75) is 11.8 Å². The molecular formula is C16H13N3OS. The lowest BCUT2D eigenvalue weighted by molar-refractivity contribution is -0.118. The zero-order valence-corrected chi connectivity index (χ0v) is 12.2. The molecule has 2 aliphatic rings. The van der Waals surface area contributed by atoms with Crippen molar-refractivity contribution < 1.29 is 4.79 Å². The van der Waals surface area contributed by atoms with E-state index in [0.717, 1.165) is 21.9 Å². The van der Waals surface area contributed by atoms with Gasteiger partial charge in [-0.05, 0) is 19.1 Å². The predicted molar refractivity (Wildman–Crippen MR) is 85.2 cm³/mol. The first-order valence-electron chi connectivity index (χ1n) is 6.71. The van der Waals surface area contributed by atoms with Crippen LogP contribution in [0, 0.1) is 6.92 Å². The van der Waals surface area contributed by atoms with Crippen LogP contribution in [0.2, 0.25) is 0 Å². The molecule has 104 valence electrons. The van der Waals surface area contributed by atoms with Crippen molar-refractivity contribution in [3.05, 3.63) is 65.2 Å². The van der Waals surface area contributed by atoms with Gasteiger partial charge in [-0.15, -0.1) is 0 Å². The van der Waals surface area contributed by atoms with E-state index in [1.807, 2.05) is 49.4 Å². The average Bonchev–Trinajstić information content (AvgIpc) is 3.04. The number of benzene rings is 2. The Bertz CT molecular complexity index is 787. The largest absolute Gasteiger partial charge is 0.323 e. The zero-order chi connectivity index (χ0) is 14.4. The van der Waals surface area contributed by atoms with Crippen LogP contribution in [0.4, 0.5) is 5.69 Å². The second-order valence-electron chi connectivity index (χ2n) is 5.18. The van der Waals surface area contributed by atoms with Crippen molar-refractivity contribution in [3.63, 3.8) is 0 Å². The summed E-state index contributed by atoms with van der Waals surface area (Å²) in [5.74, 6) is -0.0693. The van der Waals surface area contributed by atoms with Gasteiger partial charge in [-0.2, -0.15) is 5.10 Å². The lowest BCUT2D eigenvalue weighted by atomic mass is 10.1. The van der Waals surface area contributed by atoms with Crippen molar-refractivity contribution in [2.75, 3.05) is 5.32 Å². The molecule has 5 heteroatoms. The van der Waals surface area contributed by atoms with Crippen LogP contribution in [0.5, 0.6) is 0 Å². The van der Waals surface area contributed by atoms with Gasteiger partial charge in [-0.25, -0.2) is 0 Å². The number of aryl methyl sites for hydroxylation is 1. The number of para-hydroxylation sites is 1. The Morgan fingerprint density at radius 1 is 1.14 bits per heavy atom. The van der Waals surface area contributed by atoms with Crippen LogP contribution in [-0.2, 0) is 9.67 Å². The molecule has 0 fully saturated rings. The Morgan fingerprint density at radius 2 is 2.00 bits per heavy atom. The highest BCUT2D eigenvalue weighted by molar-refractivity contribution is 8.16. The summed E-state index contributed by atoms with van der Waals surface area (Å²) in [6.45, 7) is 2.05. The topological polar surface area (TPSA) is 53.5 Å². The number of fused-ring (bicyclic) bond motifs is 2. The minimum atomic E-state index is -0.838. The summed E-state index contributed by atoms with van der Waals surface area (Å²) in [4.78, 5) is 11.6. The van der Waals surface area contributed by atoms with Crippen molar-refractivity contribution in [1.82, 2.24) is 5.43 Å². The van der Waals surface area contributed by atoms with Gasteiger partial charge in [-0.1, -0.05) is 53.7 Å². The Kier molecular flexibility index (Phi) is 2.59. The van der Waals surface area contributed by atoms with Gasteiger partial charge in [0.25, 0.3) is 5.91 Å². The number of anilines is 1. The molecule has 0 radical (unpaired) electrons. The molecular weight excluding hydrogens is 282 g/mol. The molecule has 2 heterocycles. The lowest BCUT2D eigenvalue weighted by Gasteiger charge is -2.19. The van der Waals surface area contributed by atoms with Crippen LogP contribution < -0.4 is 10.7 Å². The summed E-state index contributed by atoms with van der Waals surface area (Å²) in [5, 5.41) is 8.16. The Labute approximate surface area is 126 Å². The van der Waals surface area contributed by atoms with Crippen LogP contribution in [0.15, 0.2) is 53.6 Å². The van der Waals surface area contributed by atoms with Crippen LogP contribution in [0.1, 0.15) is 16.7 Å². The molecule has 1 amide bonds. The lowest BCUT2D eigenvalue weighted by Crippen LogP contribution is -2.39. The maximum absolute atomic E-state index is 12.4. The smallest absolute Gasteiger partial charge is 0.267 e. The highest BCUT2D eigenvalue weighted by atomic mass is 32.2. The molecule has 0 saturated carbocycles. The number of rotatable bonds is 1. The fourth-order valence-corrected chi connectivity index (χ4v) is 3.81. The monoisotopic (exact) mass is 295 g/mol. The molecule has 0 saturated heterocycles. The number of hydrazone groups is 1. The molecule has 2 aliphatic heterocycles. The first kappa shape index (κ1) is 12.5. The fraction of sp³-hybridized carbons (Fsp3) is 0.125. The summed E-state index contributed by atoms with van der Waals surface area (Å²) in [6.07, 6.45) is 0. The summed E-state index contributed by atoms with van der Waals surface area (Å²) >= 11 is 1.46. The fourth-order valence-electron chi connectivity index (χ4n) is 2.67. The molecule has 0 bridgehead atoms. The SMILES string of the molecule is Cc1cccc(C2=NNC3(S2)C(=O)Nc2ccccc23)c1. The summed E-state index contributed by atoms with van der Waals surface area (Å²) in [5.41, 5.74) is 7.03. The van der Waals surface area contributed by atoms with Crippen molar-refractivity contribution in [1.29, 1.82) is 0 Å². The minimum absolute atomic E-state index is 0.0693. The molecule has 2 N–H and O–H groups in total. The molecule has 21 heavy (non-hydrogen) atoms. The van der Waals surface area contributed by atoms with E-state index in [1.165, 1.54) is 17.3 Å². The standard InChI is InChI=1S/C16H13N3OS/c1-10-5-4-6-11(9-10)14-18-19-16(21-14)12-7-2-3-8-13(12)17-15(16)20/h2-9,19H,1H3,(H,17,20). The summed E-state index contributed by atoms with van der Waals surface area (Å²) < 4.78 is 0. The van der Waals surface area contributed by atoms with E-state index in [9.17, 15) is 4.79 Å². The van der Waals surface area contributed by atoms with Gasteiger partial charge in [-0.3, -0.25) is 10.2 Å². The maximum atomic E-state index is 12.4. The number of carbonyl (C=O) groups excluding carboxylic acids is 1. The van der Waals surface area contributed by atoms with E-state index in [0.29, 0.717) is 0 Å². The van der Waals surface area contributed by atoms with E-state index in [4.69, 9.17) is 0 Å². The quantitative estimate of drug-likeness (QED) is 0.850. The van der Waals surface area contributed by atoms with Crippen LogP contribution >= 0.6 is 11.8 Å². The van der Waals surface area contributed by atoms with Crippen molar-refractivity contribution >= 4 is 28.4 Å². The number of amides is 1. The zero-order valence-electron chi connectivity index (χ0n) is 11.4. The Hall–Kier alpha value is -2.27. The third-order valence-electron chi connectivity index (χ3n) is 3.70. The molecule has 2 aromatic rings. The second-order valence-corrected chi connectivity index (χ2v) is 6.38. The van der Waals surface area contributed by atoms with Gasteiger partial charge in [0.1, 0.15) is 5.04 Å². The molecule has 0 aliphatic carbocycles. The van der Waals surface area contributed by atoms with Crippen LogP contribution in [0.25, 0.3) is 0 Å². The third-order valence-corrected chi connectivity index (χ3v) is 5.03. The highest BCUT2D eigenvalue weighted by Crippen LogP contribution is 2.47. The molecule has 4 rings (SSSR count). The van der Waals surface area contributed by atoms with E-state index in [1.54, 1.807) is 0 Å². The highest BCUT2D eigenvalue weighted by Gasteiger charge is 2.51. The summed E-state index contributed by atoms with van der Waals surface area (Å²) in [6, 6.07) is 15.9. The molecule has 0 aromatic heterocycles. The first-order valence-corrected chi connectivity index (χ1v) is 7.52. The third kappa shape index (κ3) is 1.77. The van der Waals surface area contributed by atoms with E-state index in [-0.39, 0.29) is 5.91 Å². The predicted octanol–water partition coefficient (Wildman–Crippen LogP) is 2.80. The molecule has 2 aromatic carbocycles. The first-order chi connectivity index (χ1) is 10.2. The van der Waals surface area contributed by atoms with Crippen molar-refractivity contribution in [2.24, 2.45) is 5.10 Å². The van der Waals surface area contributed by atoms with Gasteiger partial charge >= 0.3 is 0 Å².